The number of anilines is 1. The Hall–Kier alpha value is -3.56. The smallest absolute Gasteiger partial charge is 0.276 e. The molecular formula is C22H20ClN3O5S. The molecule has 3 N–H and O–H groups in total. The van der Waals surface area contributed by atoms with Crippen LogP contribution in [-0.2, 0) is 14.8 Å². The average Bonchev–Trinajstić information content (AvgIpc) is 2.77. The Morgan fingerprint density at radius 2 is 1.66 bits per heavy atom. The minimum Gasteiger partial charge on any atom is -0.484 e. The zero-order chi connectivity index (χ0) is 23.1. The molecule has 0 aliphatic carbocycles. The molecule has 0 fully saturated rings. The zero-order valence-electron chi connectivity index (χ0n) is 17.0. The molecule has 2 amide bonds. The Morgan fingerprint density at radius 1 is 0.938 bits per heavy atom. The number of hydrazine groups is 1. The van der Waals surface area contributed by atoms with E-state index in [9.17, 15) is 18.0 Å². The molecule has 32 heavy (non-hydrogen) atoms. The summed E-state index contributed by atoms with van der Waals surface area (Å²) in [6.45, 7) is 1.62. The van der Waals surface area contributed by atoms with Gasteiger partial charge in [0.05, 0.1) is 15.6 Å². The Bertz CT molecular complexity index is 1230. The van der Waals surface area contributed by atoms with Crippen molar-refractivity contribution in [3.05, 3.63) is 88.9 Å². The van der Waals surface area contributed by atoms with Crippen LogP contribution in [0.5, 0.6) is 5.75 Å². The molecule has 0 aromatic heterocycles. The molecule has 0 radical (unpaired) electrons. The van der Waals surface area contributed by atoms with Crippen LogP contribution in [0.3, 0.4) is 0 Å². The fraction of sp³-hybridized carbons (Fsp3) is 0.0909. The first-order chi connectivity index (χ1) is 15.2. The van der Waals surface area contributed by atoms with Gasteiger partial charge in [0.1, 0.15) is 5.75 Å². The highest BCUT2D eigenvalue weighted by Gasteiger charge is 2.17. The van der Waals surface area contributed by atoms with Crippen LogP contribution in [0.15, 0.2) is 77.7 Å². The quantitative estimate of drug-likeness (QED) is 0.456. The number of halogens is 1. The van der Waals surface area contributed by atoms with Crippen LogP contribution >= 0.6 is 11.6 Å². The normalized spacial score (nSPS) is 10.8. The molecule has 0 spiro atoms. The van der Waals surface area contributed by atoms with Gasteiger partial charge in [0.15, 0.2) is 6.61 Å². The summed E-state index contributed by atoms with van der Waals surface area (Å²) in [6, 6.07) is 18.8. The van der Waals surface area contributed by atoms with E-state index in [4.69, 9.17) is 16.3 Å². The van der Waals surface area contributed by atoms with Gasteiger partial charge in [-0.1, -0.05) is 35.9 Å². The van der Waals surface area contributed by atoms with E-state index < -0.39 is 21.8 Å². The van der Waals surface area contributed by atoms with Gasteiger partial charge in [-0.2, -0.15) is 0 Å². The van der Waals surface area contributed by atoms with E-state index >= 15 is 0 Å². The number of aryl methyl sites for hydroxylation is 1. The van der Waals surface area contributed by atoms with E-state index in [1.54, 1.807) is 36.4 Å². The second kappa shape index (κ2) is 10.2. The number of sulfonamides is 1. The molecule has 0 aliphatic heterocycles. The fourth-order valence-corrected chi connectivity index (χ4v) is 3.94. The fourth-order valence-electron chi connectivity index (χ4n) is 2.62. The second-order valence-corrected chi connectivity index (χ2v) is 8.81. The number of para-hydroxylation sites is 1. The van der Waals surface area contributed by atoms with Crippen LogP contribution in [0.2, 0.25) is 5.02 Å². The first kappa shape index (κ1) is 23.1. The number of hydrogen-bond acceptors (Lipinski definition) is 5. The van der Waals surface area contributed by atoms with Crippen LogP contribution in [-0.4, -0.2) is 26.8 Å². The van der Waals surface area contributed by atoms with E-state index in [1.807, 2.05) is 13.0 Å². The molecular weight excluding hydrogens is 454 g/mol. The summed E-state index contributed by atoms with van der Waals surface area (Å²) in [4.78, 5) is 24.0. The van der Waals surface area contributed by atoms with Crippen molar-refractivity contribution in [1.29, 1.82) is 0 Å². The number of carbonyl (C=O) groups excluding carboxylic acids is 2. The molecule has 166 valence electrons. The van der Waals surface area contributed by atoms with E-state index in [0.717, 1.165) is 5.56 Å². The van der Waals surface area contributed by atoms with E-state index in [1.165, 1.54) is 30.3 Å². The molecule has 0 unspecified atom stereocenters. The number of benzene rings is 3. The first-order valence-electron chi connectivity index (χ1n) is 9.41. The van der Waals surface area contributed by atoms with Crippen LogP contribution in [0.25, 0.3) is 0 Å². The third-order valence-corrected chi connectivity index (χ3v) is 5.93. The van der Waals surface area contributed by atoms with Gasteiger partial charge in [-0.15, -0.1) is 0 Å². The molecule has 3 rings (SSSR count). The highest BCUT2D eigenvalue weighted by atomic mass is 35.5. The van der Waals surface area contributed by atoms with Crippen LogP contribution in [0.4, 0.5) is 5.69 Å². The third-order valence-electron chi connectivity index (χ3n) is 4.22. The van der Waals surface area contributed by atoms with Gasteiger partial charge in [0, 0.05) is 5.56 Å². The molecule has 0 atom stereocenters. The Labute approximate surface area is 190 Å². The van der Waals surface area contributed by atoms with Crippen molar-refractivity contribution < 1.29 is 22.7 Å². The standard InChI is InChI=1S/C22H20ClN3O5S/c1-15-5-4-6-17(13-15)31-14-21(27)24-25-22(28)16-9-11-18(12-10-16)32(29,30)26-20-8-3-2-7-19(20)23/h2-13,26H,14H2,1H3,(H,24,27)(H,25,28). The van der Waals surface area contributed by atoms with Gasteiger partial charge in [0.25, 0.3) is 21.8 Å². The Balaban J connectivity index is 1.54. The summed E-state index contributed by atoms with van der Waals surface area (Å²) in [5, 5.41) is 0.259. The summed E-state index contributed by atoms with van der Waals surface area (Å²) in [5.74, 6) is -0.631. The summed E-state index contributed by atoms with van der Waals surface area (Å²) in [5.41, 5.74) is 5.88. The number of ether oxygens (including phenoxy) is 1. The molecule has 3 aromatic rings. The number of carbonyl (C=O) groups is 2. The molecule has 0 saturated heterocycles. The maximum absolute atomic E-state index is 12.5. The van der Waals surface area contributed by atoms with Crippen molar-refractivity contribution in [3.63, 3.8) is 0 Å². The Kier molecular flexibility index (Phi) is 7.34. The SMILES string of the molecule is Cc1cccc(OCC(=O)NNC(=O)c2ccc(S(=O)(=O)Nc3ccccc3Cl)cc2)c1. The molecule has 0 heterocycles. The van der Waals surface area contributed by atoms with Crippen LogP contribution in [0.1, 0.15) is 15.9 Å². The highest BCUT2D eigenvalue weighted by Crippen LogP contribution is 2.24. The largest absolute Gasteiger partial charge is 0.484 e. The molecule has 10 heteroatoms. The molecule has 0 bridgehead atoms. The summed E-state index contributed by atoms with van der Waals surface area (Å²) < 4.78 is 32.8. The van der Waals surface area contributed by atoms with Gasteiger partial charge in [-0.25, -0.2) is 8.42 Å². The van der Waals surface area contributed by atoms with E-state index in [0.29, 0.717) is 5.75 Å². The lowest BCUT2D eigenvalue weighted by Gasteiger charge is -2.11. The average molecular weight is 474 g/mol. The van der Waals surface area contributed by atoms with Gasteiger partial charge in [-0.05, 0) is 61.0 Å². The monoisotopic (exact) mass is 473 g/mol. The second-order valence-electron chi connectivity index (χ2n) is 6.72. The number of rotatable bonds is 7. The van der Waals surface area contributed by atoms with Gasteiger partial charge >= 0.3 is 0 Å². The van der Waals surface area contributed by atoms with Gasteiger partial charge in [-0.3, -0.25) is 25.2 Å². The predicted molar refractivity (Wildman–Crippen MR) is 121 cm³/mol. The minimum absolute atomic E-state index is 0.0513. The lowest BCUT2D eigenvalue weighted by molar-refractivity contribution is -0.123. The maximum Gasteiger partial charge on any atom is 0.276 e. The van der Waals surface area contributed by atoms with E-state index in [-0.39, 0.29) is 27.8 Å². The third kappa shape index (κ3) is 6.22. The maximum atomic E-state index is 12.5. The van der Waals surface area contributed by atoms with Crippen LogP contribution < -0.4 is 20.3 Å². The lowest BCUT2D eigenvalue weighted by Crippen LogP contribution is -2.43. The highest BCUT2D eigenvalue weighted by molar-refractivity contribution is 7.92. The summed E-state index contributed by atoms with van der Waals surface area (Å²) in [7, 11) is -3.89. The minimum atomic E-state index is -3.89. The molecule has 0 aliphatic rings. The molecule has 0 saturated carbocycles. The van der Waals surface area contributed by atoms with Gasteiger partial charge in [0.2, 0.25) is 0 Å². The van der Waals surface area contributed by atoms with Gasteiger partial charge < -0.3 is 4.74 Å². The number of hydrogen-bond donors (Lipinski definition) is 3. The van der Waals surface area contributed by atoms with Crippen molar-refractivity contribution in [2.45, 2.75) is 11.8 Å². The van der Waals surface area contributed by atoms with Crippen molar-refractivity contribution >= 4 is 39.1 Å². The number of nitrogens with one attached hydrogen (secondary N) is 3. The first-order valence-corrected chi connectivity index (χ1v) is 11.3. The zero-order valence-corrected chi connectivity index (χ0v) is 18.5. The summed E-state index contributed by atoms with van der Waals surface area (Å²) >= 11 is 5.99. The molecule has 3 aromatic carbocycles. The van der Waals surface area contributed by atoms with Crippen molar-refractivity contribution in [2.75, 3.05) is 11.3 Å². The Morgan fingerprint density at radius 3 is 2.34 bits per heavy atom. The van der Waals surface area contributed by atoms with Crippen molar-refractivity contribution in [1.82, 2.24) is 10.9 Å². The number of amides is 2. The summed E-state index contributed by atoms with van der Waals surface area (Å²) in [6.07, 6.45) is 0. The van der Waals surface area contributed by atoms with Crippen molar-refractivity contribution in [2.24, 2.45) is 0 Å². The topological polar surface area (TPSA) is 114 Å². The van der Waals surface area contributed by atoms with E-state index in [2.05, 4.69) is 15.6 Å². The van der Waals surface area contributed by atoms with Crippen LogP contribution in [0, 0.1) is 6.92 Å². The lowest BCUT2D eigenvalue weighted by atomic mass is 10.2. The van der Waals surface area contributed by atoms with Crippen molar-refractivity contribution in [3.8, 4) is 5.75 Å². The predicted octanol–water partition coefficient (Wildman–Crippen LogP) is 3.29. The molecule has 8 nitrogen and oxygen atoms in total.